The van der Waals surface area contributed by atoms with Crippen molar-refractivity contribution in [3.63, 3.8) is 0 Å². The van der Waals surface area contributed by atoms with E-state index in [1.165, 1.54) is 10.8 Å². The van der Waals surface area contributed by atoms with Gasteiger partial charge in [0.25, 0.3) is 0 Å². The maximum absolute atomic E-state index is 9.92. The Hall–Kier alpha value is -10.1. The van der Waals surface area contributed by atoms with Gasteiger partial charge in [-0.2, -0.15) is 5.26 Å². The van der Waals surface area contributed by atoms with E-state index in [0.29, 0.717) is 5.56 Å². The Balaban J connectivity index is 0.911. The number of hydrogen-bond donors (Lipinski definition) is 0. The highest BCUT2D eigenvalue weighted by molar-refractivity contribution is 6.13. The number of para-hydroxylation sites is 5. The van der Waals surface area contributed by atoms with E-state index in [9.17, 15) is 5.26 Å². The van der Waals surface area contributed by atoms with Crippen LogP contribution in [0.1, 0.15) is 27.8 Å². The van der Waals surface area contributed by atoms with Gasteiger partial charge in [-0.1, -0.05) is 109 Å². The molecule has 8 heteroatoms. The van der Waals surface area contributed by atoms with E-state index >= 15 is 0 Å². The topological polar surface area (TPSA) is 86.5 Å². The Labute approximate surface area is 417 Å². The molecule has 8 nitrogen and oxygen atoms in total. The SMILES string of the molecule is N#Cc1ccc2c(c1)c1ccccc1n2-c1cnc2c(c1)C1(c3ccccc3Oc3ccc(-c4ccc5c(c4)c4ccccc4n5-c4ncccc4-n4c5ccccc5c5ccccc54)cc31)c1cccnc1-2. The highest BCUT2D eigenvalue weighted by Crippen LogP contribution is 2.62. The molecule has 8 aromatic carbocycles. The number of hydrogen-bond acceptors (Lipinski definition) is 5. The van der Waals surface area contributed by atoms with Crippen LogP contribution >= 0.6 is 0 Å². The molecule has 338 valence electrons. The molecule has 6 aromatic heterocycles. The van der Waals surface area contributed by atoms with Gasteiger partial charge in [-0.15, -0.1) is 0 Å². The van der Waals surface area contributed by atoms with Gasteiger partial charge >= 0.3 is 0 Å². The Bertz CT molecular complexity index is 4710. The molecular formula is C65H37N7O. The van der Waals surface area contributed by atoms with E-state index in [-0.39, 0.29) is 0 Å². The van der Waals surface area contributed by atoms with Crippen LogP contribution in [0.4, 0.5) is 0 Å². The Morgan fingerprint density at radius 2 is 0.945 bits per heavy atom. The number of pyridine rings is 3. The van der Waals surface area contributed by atoms with Crippen LogP contribution in [0.15, 0.2) is 225 Å². The first-order valence-electron chi connectivity index (χ1n) is 24.5. The van der Waals surface area contributed by atoms with Gasteiger partial charge in [0.1, 0.15) is 11.5 Å². The highest BCUT2D eigenvalue weighted by Gasteiger charge is 2.52. The van der Waals surface area contributed by atoms with Crippen molar-refractivity contribution in [2.75, 3.05) is 0 Å². The van der Waals surface area contributed by atoms with Crippen molar-refractivity contribution in [1.82, 2.24) is 28.7 Å². The van der Waals surface area contributed by atoms with Crippen LogP contribution < -0.4 is 4.74 Å². The van der Waals surface area contributed by atoms with E-state index in [2.05, 4.69) is 190 Å². The molecule has 1 atom stereocenters. The molecular weight excluding hydrogens is 895 g/mol. The number of fused-ring (bicyclic) bond motifs is 18. The number of nitrogens with zero attached hydrogens (tertiary/aromatic N) is 7. The predicted molar refractivity (Wildman–Crippen MR) is 290 cm³/mol. The van der Waals surface area contributed by atoms with Crippen molar-refractivity contribution in [3.05, 3.63) is 253 Å². The van der Waals surface area contributed by atoms with Gasteiger partial charge in [0.2, 0.25) is 0 Å². The Morgan fingerprint density at radius 3 is 1.71 bits per heavy atom. The molecule has 7 heterocycles. The zero-order valence-corrected chi connectivity index (χ0v) is 38.9. The first-order valence-corrected chi connectivity index (χ1v) is 24.5. The van der Waals surface area contributed by atoms with E-state index in [0.717, 1.165) is 128 Å². The molecule has 1 aliphatic heterocycles. The normalized spacial score (nSPS) is 14.5. The lowest BCUT2D eigenvalue weighted by Crippen LogP contribution is -2.32. The zero-order chi connectivity index (χ0) is 47.9. The summed E-state index contributed by atoms with van der Waals surface area (Å²) in [6.07, 6.45) is 5.72. The summed E-state index contributed by atoms with van der Waals surface area (Å²) in [4.78, 5) is 15.6. The van der Waals surface area contributed by atoms with Crippen LogP contribution in [0.2, 0.25) is 0 Å². The Kier molecular flexibility index (Phi) is 8.01. The van der Waals surface area contributed by atoms with Crippen LogP contribution in [-0.4, -0.2) is 28.7 Å². The molecule has 1 aliphatic carbocycles. The quantitative estimate of drug-likeness (QED) is 0.175. The molecule has 16 rings (SSSR count). The summed E-state index contributed by atoms with van der Waals surface area (Å²) in [5, 5.41) is 16.7. The molecule has 0 amide bonds. The molecule has 0 bridgehead atoms. The summed E-state index contributed by atoms with van der Waals surface area (Å²) in [7, 11) is 0. The molecule has 14 aromatic rings. The van der Waals surface area contributed by atoms with Crippen molar-refractivity contribution in [2.24, 2.45) is 0 Å². The minimum Gasteiger partial charge on any atom is -0.457 e. The van der Waals surface area contributed by atoms with E-state index in [1.54, 1.807) is 0 Å². The standard InChI is InChI=1S/C65H37N7O/c66-37-39-25-28-57-47(33-39)45-15-3-6-19-53(45)70(57)42-36-52-63(69-38-42)62-50(18-11-31-67-62)65(52)49-17-5-10-24-60(49)73-61-30-27-41(35-51(61)65)40-26-29-58-48(34-40)46-16-4-9-22-56(46)72(58)64-59(23-12-32-68-64)71-54-20-7-1-13-43(54)44-14-2-8-21-55(44)71/h1-36,38H. The van der Waals surface area contributed by atoms with Gasteiger partial charge in [0, 0.05) is 61.4 Å². The van der Waals surface area contributed by atoms with Gasteiger partial charge in [0.05, 0.1) is 79.1 Å². The van der Waals surface area contributed by atoms with Crippen molar-refractivity contribution in [1.29, 1.82) is 5.26 Å². The van der Waals surface area contributed by atoms with Gasteiger partial charge in [0.15, 0.2) is 5.82 Å². The minimum atomic E-state index is -0.836. The van der Waals surface area contributed by atoms with Crippen molar-refractivity contribution in [2.45, 2.75) is 5.41 Å². The summed E-state index contributed by atoms with van der Waals surface area (Å²) < 4.78 is 13.9. The Morgan fingerprint density at radius 1 is 0.397 bits per heavy atom. The molecule has 73 heavy (non-hydrogen) atoms. The molecule has 0 N–H and O–H groups in total. The fraction of sp³-hybridized carbons (Fsp3) is 0.0154. The molecule has 1 unspecified atom stereocenters. The van der Waals surface area contributed by atoms with E-state index in [1.807, 2.05) is 55.0 Å². The third-order valence-electron chi connectivity index (χ3n) is 15.5. The largest absolute Gasteiger partial charge is 0.457 e. The number of rotatable bonds is 4. The summed E-state index contributed by atoms with van der Waals surface area (Å²) in [6.45, 7) is 0. The smallest absolute Gasteiger partial charge is 0.162 e. The zero-order valence-electron chi connectivity index (χ0n) is 38.9. The molecule has 0 saturated carbocycles. The lowest BCUT2D eigenvalue weighted by Gasteiger charge is -2.39. The summed E-state index contributed by atoms with van der Waals surface area (Å²) >= 11 is 0. The lowest BCUT2D eigenvalue weighted by atomic mass is 9.66. The average molecular weight is 932 g/mol. The van der Waals surface area contributed by atoms with Crippen molar-refractivity contribution < 1.29 is 4.74 Å². The number of nitriles is 1. The molecule has 0 fully saturated rings. The maximum Gasteiger partial charge on any atom is 0.162 e. The molecule has 0 saturated heterocycles. The second-order valence-corrected chi connectivity index (χ2v) is 19.0. The monoisotopic (exact) mass is 931 g/mol. The summed E-state index contributed by atoms with van der Waals surface area (Å²) in [6, 6.07) is 75.2. The number of aromatic nitrogens is 6. The number of ether oxygens (including phenoxy) is 1. The van der Waals surface area contributed by atoms with Crippen LogP contribution in [0.25, 0.3) is 105 Å². The first-order chi connectivity index (χ1) is 36.2. The maximum atomic E-state index is 9.92. The van der Waals surface area contributed by atoms with Crippen LogP contribution in [0.3, 0.4) is 0 Å². The first kappa shape index (κ1) is 39.7. The van der Waals surface area contributed by atoms with Gasteiger partial charge in [-0.25, -0.2) is 4.98 Å². The minimum absolute atomic E-state index is 0.622. The van der Waals surface area contributed by atoms with Crippen LogP contribution in [0, 0.1) is 11.3 Å². The van der Waals surface area contributed by atoms with E-state index in [4.69, 9.17) is 19.7 Å². The average Bonchev–Trinajstić information content (AvgIpc) is 4.17. The van der Waals surface area contributed by atoms with Crippen molar-refractivity contribution >= 4 is 65.4 Å². The van der Waals surface area contributed by atoms with Crippen LogP contribution in [-0.2, 0) is 5.41 Å². The third-order valence-corrected chi connectivity index (χ3v) is 15.5. The fourth-order valence-electron chi connectivity index (χ4n) is 12.5. The van der Waals surface area contributed by atoms with Crippen molar-refractivity contribution in [3.8, 4) is 57.3 Å². The highest BCUT2D eigenvalue weighted by atomic mass is 16.5. The third kappa shape index (κ3) is 5.29. The summed E-state index contributed by atoms with van der Waals surface area (Å²) in [5.74, 6) is 2.43. The van der Waals surface area contributed by atoms with Crippen LogP contribution in [0.5, 0.6) is 11.5 Å². The molecule has 1 spiro atoms. The predicted octanol–water partition coefficient (Wildman–Crippen LogP) is 15.2. The number of benzene rings is 8. The van der Waals surface area contributed by atoms with E-state index < -0.39 is 5.41 Å². The lowest BCUT2D eigenvalue weighted by molar-refractivity contribution is 0.436. The summed E-state index contributed by atoms with van der Waals surface area (Å²) in [5.41, 5.74) is 16.1. The fourth-order valence-corrected chi connectivity index (χ4v) is 12.5. The van der Waals surface area contributed by atoms with Gasteiger partial charge < -0.3 is 13.9 Å². The van der Waals surface area contributed by atoms with Gasteiger partial charge in [-0.05, 0) is 114 Å². The second kappa shape index (κ2) is 14.7. The van der Waals surface area contributed by atoms with Gasteiger partial charge in [-0.3, -0.25) is 14.5 Å². The molecule has 2 aliphatic rings. The second-order valence-electron chi connectivity index (χ2n) is 19.0. The molecule has 0 radical (unpaired) electrons.